The summed E-state index contributed by atoms with van der Waals surface area (Å²) in [6.07, 6.45) is -2.03. The number of carbonyl (C=O) groups excluding carboxylic acids is 2. The number of benzene rings is 2. The molecule has 2 aromatic rings. The number of nitrogens with two attached hydrogens (primary N) is 4. The number of guanidine groups is 2. The Balaban J connectivity index is 1.46. The number of aliphatic hydroxyl groups is 4. The fraction of sp³-hybridized carbons (Fsp3) is 0.471. The molecule has 0 spiro atoms. The Bertz CT molecular complexity index is 1540. The number of nitrogens with one attached hydrogen (secondary N) is 2. The van der Waals surface area contributed by atoms with E-state index in [1.165, 1.54) is 6.08 Å². The van der Waals surface area contributed by atoms with Gasteiger partial charge in [0.15, 0.2) is 11.9 Å². The molecule has 2 aliphatic heterocycles. The van der Waals surface area contributed by atoms with Crippen molar-refractivity contribution in [1.29, 1.82) is 0 Å². The molecular weight excluding hydrogens is 664 g/mol. The molecule has 7 atom stereocenters. The molecular formula is C34H48N8O9. The Morgan fingerprint density at radius 1 is 0.843 bits per heavy atom. The van der Waals surface area contributed by atoms with E-state index >= 15 is 0 Å². The second-order valence-electron chi connectivity index (χ2n) is 12.1. The number of unbranched alkanes of at least 4 members (excludes halogenated alkanes) is 2. The van der Waals surface area contributed by atoms with Crippen LogP contribution < -0.4 is 43.0 Å². The topological polar surface area (TPSA) is 296 Å². The Hall–Kier alpha value is -4.94. The Kier molecular flexibility index (Phi) is 14.4. The van der Waals surface area contributed by atoms with Crippen molar-refractivity contribution in [2.45, 2.75) is 68.4 Å². The van der Waals surface area contributed by atoms with Crippen LogP contribution in [0, 0.1) is 0 Å². The largest absolute Gasteiger partial charge is 0.484 e. The molecule has 0 saturated carbocycles. The van der Waals surface area contributed by atoms with Gasteiger partial charge in [-0.05, 0) is 67.2 Å². The first-order valence-corrected chi connectivity index (χ1v) is 16.7. The van der Waals surface area contributed by atoms with Crippen molar-refractivity contribution in [3.05, 3.63) is 65.2 Å². The maximum Gasteiger partial charge on any atom is 0.243 e. The van der Waals surface area contributed by atoms with Crippen molar-refractivity contribution in [2.75, 3.05) is 32.8 Å². The quantitative estimate of drug-likeness (QED) is 0.0385. The highest BCUT2D eigenvalue weighted by Gasteiger charge is 2.45. The second-order valence-corrected chi connectivity index (χ2v) is 12.1. The van der Waals surface area contributed by atoms with Crippen molar-refractivity contribution in [2.24, 2.45) is 32.9 Å². The van der Waals surface area contributed by atoms with Crippen molar-refractivity contribution < 1.29 is 44.2 Å². The van der Waals surface area contributed by atoms with Gasteiger partial charge in [0, 0.05) is 37.8 Å². The van der Waals surface area contributed by atoms with Crippen LogP contribution in [-0.4, -0.2) is 108 Å². The second kappa shape index (κ2) is 18.9. The van der Waals surface area contributed by atoms with Crippen LogP contribution in [0.15, 0.2) is 58.5 Å². The molecule has 4 rings (SSSR count). The van der Waals surface area contributed by atoms with Gasteiger partial charge >= 0.3 is 0 Å². The third-order valence-electron chi connectivity index (χ3n) is 8.30. The smallest absolute Gasteiger partial charge is 0.243 e. The standard InChI is InChI=1S/C34H48N8O9/c35-33(36)41-15-3-1-13-39-25(44)12-6-19-5-11-23-22(17-19)26(31(48)40-14-2-4-16-42-34(37)38)30(50-23)20-7-9-21(10-8-20)49-32-29(47)28(46)27(45)24(18-43)51-32/h5-12,17,24,26-30,32,43,45-47H,1-4,13-16,18H2,(H,39,44)(H,40,48)(H4,35,36,41)(H4,37,38,42)/b12-6-/t24-,26-,27-,28+,29-,30-,32-/m1/s1. The fourth-order valence-electron chi connectivity index (χ4n) is 5.62. The molecule has 0 aromatic heterocycles. The van der Waals surface area contributed by atoms with Crippen molar-refractivity contribution in [3.8, 4) is 11.5 Å². The van der Waals surface area contributed by atoms with Crippen LogP contribution in [0.25, 0.3) is 6.08 Å². The van der Waals surface area contributed by atoms with E-state index in [1.54, 1.807) is 42.5 Å². The maximum atomic E-state index is 13.7. The van der Waals surface area contributed by atoms with Gasteiger partial charge in [-0.2, -0.15) is 0 Å². The molecule has 2 aromatic carbocycles. The summed E-state index contributed by atoms with van der Waals surface area (Å²) < 4.78 is 17.5. The molecule has 17 nitrogen and oxygen atoms in total. The highest BCUT2D eigenvalue weighted by molar-refractivity contribution is 5.92. The van der Waals surface area contributed by atoms with Gasteiger partial charge in [0.2, 0.25) is 18.1 Å². The van der Waals surface area contributed by atoms with Gasteiger partial charge in [-0.25, -0.2) is 0 Å². The Labute approximate surface area is 295 Å². The summed E-state index contributed by atoms with van der Waals surface area (Å²) in [5, 5.41) is 45.8. The molecule has 1 fully saturated rings. The van der Waals surface area contributed by atoms with Crippen LogP contribution in [0.5, 0.6) is 11.5 Å². The third-order valence-corrected chi connectivity index (χ3v) is 8.30. The number of amides is 2. The first-order valence-electron chi connectivity index (χ1n) is 16.7. The minimum Gasteiger partial charge on any atom is -0.484 e. The van der Waals surface area contributed by atoms with Gasteiger partial charge in [0.25, 0.3) is 0 Å². The molecule has 0 bridgehead atoms. The number of hydrogen-bond acceptors (Lipinski definition) is 11. The number of carbonyl (C=O) groups is 2. The Morgan fingerprint density at radius 2 is 1.49 bits per heavy atom. The van der Waals surface area contributed by atoms with Crippen LogP contribution in [0.4, 0.5) is 0 Å². The summed E-state index contributed by atoms with van der Waals surface area (Å²) >= 11 is 0. The molecule has 17 heteroatoms. The summed E-state index contributed by atoms with van der Waals surface area (Å²) in [6, 6.07) is 11.9. The van der Waals surface area contributed by atoms with Gasteiger partial charge in [0.05, 0.1) is 6.61 Å². The average molecular weight is 713 g/mol. The minimum absolute atomic E-state index is 0.00745. The lowest BCUT2D eigenvalue weighted by Gasteiger charge is -2.39. The lowest BCUT2D eigenvalue weighted by Crippen LogP contribution is -2.60. The molecule has 51 heavy (non-hydrogen) atoms. The predicted octanol–water partition coefficient (Wildman–Crippen LogP) is -1.56. The number of aliphatic imine (C=N–C) groups is 2. The number of nitrogens with zero attached hydrogens (tertiary/aromatic N) is 2. The van der Waals surface area contributed by atoms with E-state index in [0.29, 0.717) is 67.9 Å². The molecule has 2 aliphatic rings. The third kappa shape index (κ3) is 11.0. The van der Waals surface area contributed by atoms with Crippen LogP contribution in [-0.2, 0) is 14.3 Å². The molecule has 0 aliphatic carbocycles. The molecule has 1 saturated heterocycles. The van der Waals surface area contributed by atoms with E-state index in [-0.39, 0.29) is 29.5 Å². The number of rotatable bonds is 17. The summed E-state index contributed by atoms with van der Waals surface area (Å²) in [5.41, 5.74) is 23.4. The predicted molar refractivity (Wildman–Crippen MR) is 188 cm³/mol. The van der Waals surface area contributed by atoms with Gasteiger partial charge in [-0.3, -0.25) is 19.6 Å². The highest BCUT2D eigenvalue weighted by Crippen LogP contribution is 2.47. The molecule has 278 valence electrons. The number of aliphatic hydroxyl groups excluding tert-OH is 4. The van der Waals surface area contributed by atoms with E-state index in [9.17, 15) is 30.0 Å². The van der Waals surface area contributed by atoms with Gasteiger partial charge in [-0.15, -0.1) is 0 Å². The van der Waals surface area contributed by atoms with E-state index in [1.807, 2.05) is 6.07 Å². The maximum absolute atomic E-state index is 13.7. The number of ether oxygens (including phenoxy) is 3. The van der Waals surface area contributed by atoms with Crippen LogP contribution >= 0.6 is 0 Å². The normalized spacial score (nSPS) is 23.9. The lowest BCUT2D eigenvalue weighted by atomic mass is 9.89. The minimum atomic E-state index is -1.58. The highest BCUT2D eigenvalue weighted by atomic mass is 16.7. The van der Waals surface area contributed by atoms with E-state index < -0.39 is 49.3 Å². The average Bonchev–Trinajstić information content (AvgIpc) is 3.49. The van der Waals surface area contributed by atoms with Crippen molar-refractivity contribution >= 4 is 29.8 Å². The first kappa shape index (κ1) is 38.9. The van der Waals surface area contributed by atoms with Gasteiger partial charge < -0.3 is 68.2 Å². The number of fused-ring (bicyclic) bond motifs is 1. The SMILES string of the molecule is NC(N)=NCCCCNC(=O)/C=C\c1ccc2c(c1)[C@@H](C(=O)NCCCCN=C(N)N)[C@@H](c1ccc(O[C@@H]3O[C@H](CO)[C@@H](O)[C@H](O)[C@H]3O)cc1)O2. The van der Waals surface area contributed by atoms with Crippen LogP contribution in [0.3, 0.4) is 0 Å². The van der Waals surface area contributed by atoms with Crippen LogP contribution in [0.2, 0.25) is 0 Å². The van der Waals surface area contributed by atoms with E-state index in [2.05, 4.69) is 20.6 Å². The summed E-state index contributed by atoms with van der Waals surface area (Å²) in [6.45, 7) is 1.18. The fourth-order valence-corrected chi connectivity index (χ4v) is 5.62. The molecule has 0 radical (unpaired) electrons. The zero-order valence-corrected chi connectivity index (χ0v) is 28.1. The zero-order chi connectivity index (χ0) is 36.9. The van der Waals surface area contributed by atoms with Gasteiger partial charge in [-0.1, -0.05) is 18.2 Å². The number of hydrogen-bond donors (Lipinski definition) is 10. The molecule has 0 unspecified atom stereocenters. The van der Waals surface area contributed by atoms with Crippen molar-refractivity contribution in [1.82, 2.24) is 10.6 Å². The zero-order valence-electron chi connectivity index (χ0n) is 28.1. The molecule has 2 heterocycles. The first-order chi connectivity index (χ1) is 24.5. The van der Waals surface area contributed by atoms with E-state index in [4.69, 9.17) is 37.1 Å². The monoisotopic (exact) mass is 712 g/mol. The van der Waals surface area contributed by atoms with E-state index in [0.717, 1.165) is 6.42 Å². The summed E-state index contributed by atoms with van der Waals surface area (Å²) in [4.78, 5) is 34.0. The van der Waals surface area contributed by atoms with Crippen molar-refractivity contribution in [3.63, 3.8) is 0 Å². The molecule has 14 N–H and O–H groups in total. The van der Waals surface area contributed by atoms with Gasteiger partial charge in [0.1, 0.15) is 47.9 Å². The molecule has 2 amide bonds. The van der Waals surface area contributed by atoms with Crippen LogP contribution in [0.1, 0.15) is 54.4 Å². The lowest BCUT2D eigenvalue weighted by molar-refractivity contribution is -0.277. The summed E-state index contributed by atoms with van der Waals surface area (Å²) in [7, 11) is 0. The Morgan fingerprint density at radius 3 is 2.12 bits per heavy atom. The summed E-state index contributed by atoms with van der Waals surface area (Å²) in [5.74, 6) is -0.466.